The van der Waals surface area contributed by atoms with Gasteiger partial charge in [-0.05, 0) is 64.5 Å². The highest BCUT2D eigenvalue weighted by Crippen LogP contribution is 2.35. The lowest BCUT2D eigenvalue weighted by Gasteiger charge is -2.20. The quantitative estimate of drug-likeness (QED) is 0.0748. The predicted molar refractivity (Wildman–Crippen MR) is 166 cm³/mol. The number of hydrogen-bond acceptors (Lipinski definition) is 5. The van der Waals surface area contributed by atoms with Gasteiger partial charge in [0.2, 0.25) is 5.75 Å². The van der Waals surface area contributed by atoms with Crippen molar-refractivity contribution in [2.75, 3.05) is 13.2 Å². The molecule has 1 atom stereocenters. The number of pyridine rings is 1. The fourth-order valence-electron chi connectivity index (χ4n) is 4.80. The van der Waals surface area contributed by atoms with Crippen LogP contribution in [0, 0.1) is 16.0 Å². The van der Waals surface area contributed by atoms with Gasteiger partial charge in [-0.25, -0.2) is 0 Å². The highest BCUT2D eigenvalue weighted by Gasteiger charge is 2.22. The number of aromatic nitrogens is 1. The van der Waals surface area contributed by atoms with E-state index < -0.39 is 4.92 Å². The van der Waals surface area contributed by atoms with Gasteiger partial charge in [0.05, 0.1) is 17.0 Å². The Kier molecular flexibility index (Phi) is 14.5. The number of unbranched alkanes of at least 4 members (excludes halogenated alkanes) is 5. The fourth-order valence-corrected chi connectivity index (χ4v) is 4.80. The van der Waals surface area contributed by atoms with E-state index in [1.165, 1.54) is 42.5 Å². The molecule has 222 valence electrons. The van der Waals surface area contributed by atoms with Crippen molar-refractivity contribution in [3.05, 3.63) is 62.0 Å². The number of ether oxygens (including phenoxy) is 2. The summed E-state index contributed by atoms with van der Waals surface area (Å²) in [6, 6.07) is 4.65. The van der Waals surface area contributed by atoms with Gasteiger partial charge < -0.3 is 14.0 Å². The Morgan fingerprint density at radius 2 is 1.73 bits per heavy atom. The molecule has 1 aromatic carbocycles. The molecule has 2 aromatic rings. The molecule has 0 N–H and O–H groups in total. The number of fused-ring (bicyclic) bond motifs is 1. The topological polar surface area (TPSA) is 83.6 Å². The van der Waals surface area contributed by atoms with Crippen LogP contribution >= 0.6 is 0 Å². The third kappa shape index (κ3) is 10.5. The third-order valence-corrected chi connectivity index (χ3v) is 7.15. The van der Waals surface area contributed by atoms with Crippen molar-refractivity contribution in [2.45, 2.75) is 112 Å². The minimum atomic E-state index is -0.422. The predicted octanol–water partition coefficient (Wildman–Crippen LogP) is 9.16. The van der Waals surface area contributed by atoms with Crippen LogP contribution in [0.15, 0.2) is 46.3 Å². The molecular weight excluding hydrogens is 504 g/mol. The number of allylic oxidation sites excluding steroid dienone is 3. The van der Waals surface area contributed by atoms with Gasteiger partial charge in [0.25, 0.3) is 11.2 Å². The summed E-state index contributed by atoms with van der Waals surface area (Å²) in [6.45, 7) is 13.9. The number of rotatable bonds is 19. The molecule has 0 radical (unpaired) electrons. The van der Waals surface area contributed by atoms with E-state index >= 15 is 0 Å². The van der Waals surface area contributed by atoms with E-state index in [-0.39, 0.29) is 29.5 Å². The lowest BCUT2D eigenvalue weighted by molar-refractivity contribution is -0.384. The summed E-state index contributed by atoms with van der Waals surface area (Å²) >= 11 is 0. The fraction of sp³-hybridized carbons (Fsp3) is 0.606. The van der Waals surface area contributed by atoms with E-state index in [0.717, 1.165) is 44.9 Å². The number of hydrogen-bond donors (Lipinski definition) is 0. The minimum Gasteiger partial charge on any atom is -0.485 e. The number of nitro benzene ring substituents is 1. The molecule has 1 heterocycles. The van der Waals surface area contributed by atoms with Gasteiger partial charge in [-0.3, -0.25) is 14.9 Å². The van der Waals surface area contributed by atoms with Crippen molar-refractivity contribution >= 4 is 16.6 Å². The maximum absolute atomic E-state index is 13.9. The Bertz CT molecular complexity index is 1210. The zero-order valence-electron chi connectivity index (χ0n) is 25.6. The minimum absolute atomic E-state index is 0.0465. The van der Waals surface area contributed by atoms with Crippen LogP contribution in [0.4, 0.5) is 5.69 Å². The van der Waals surface area contributed by atoms with Crippen LogP contribution in [0.25, 0.3) is 10.9 Å². The number of aryl methyl sites for hydroxylation is 1. The van der Waals surface area contributed by atoms with Crippen molar-refractivity contribution < 1.29 is 14.4 Å². The van der Waals surface area contributed by atoms with Crippen LogP contribution < -0.4 is 15.0 Å². The molecule has 0 saturated heterocycles. The van der Waals surface area contributed by atoms with Gasteiger partial charge in [0.15, 0.2) is 5.75 Å². The second-order valence-electron chi connectivity index (χ2n) is 11.2. The van der Waals surface area contributed by atoms with Gasteiger partial charge in [-0.2, -0.15) is 0 Å². The first-order valence-electron chi connectivity index (χ1n) is 15.1. The first-order valence-corrected chi connectivity index (χ1v) is 15.1. The van der Waals surface area contributed by atoms with Crippen LogP contribution in [0.2, 0.25) is 0 Å². The van der Waals surface area contributed by atoms with Gasteiger partial charge in [-0.15, -0.1) is 0 Å². The van der Waals surface area contributed by atoms with Gasteiger partial charge in [0, 0.05) is 24.1 Å². The Balaban J connectivity index is 2.49. The monoisotopic (exact) mass is 554 g/mol. The molecule has 0 bridgehead atoms. The number of nitrogens with zero attached hydrogens (tertiary/aromatic N) is 2. The van der Waals surface area contributed by atoms with Gasteiger partial charge in [-0.1, -0.05) is 76.5 Å². The number of benzene rings is 1. The number of non-ortho nitro benzene ring substituents is 1. The standard InChI is InChI=1S/C33H50N2O5/c1-7-9-10-11-12-13-21-34-30-23-28(35(37)38)18-19-29(30)31(32(33(34)36)40-24-27(6)15-8-2)39-22-20-26(5)17-14-16-25(3)4/h16,18-20,23,27H,7-15,17,21-22,24H2,1-6H3/b26-20+. The Morgan fingerprint density at radius 3 is 2.40 bits per heavy atom. The zero-order chi connectivity index (χ0) is 29.5. The van der Waals surface area contributed by atoms with Crippen molar-refractivity contribution in [2.24, 2.45) is 5.92 Å². The second-order valence-corrected chi connectivity index (χ2v) is 11.2. The molecule has 0 aliphatic carbocycles. The summed E-state index contributed by atoms with van der Waals surface area (Å²) in [4.78, 5) is 25.1. The van der Waals surface area contributed by atoms with Gasteiger partial charge >= 0.3 is 0 Å². The first-order chi connectivity index (χ1) is 19.2. The maximum atomic E-state index is 13.9. The van der Waals surface area contributed by atoms with E-state index in [9.17, 15) is 14.9 Å². The van der Waals surface area contributed by atoms with Crippen LogP contribution in [0.3, 0.4) is 0 Å². The van der Waals surface area contributed by atoms with E-state index in [4.69, 9.17) is 9.47 Å². The SMILES string of the molecule is CCCCCCCCn1c(=O)c(OCC(C)CCC)c(OC/C=C(\C)CCC=C(C)C)c2ccc([N+](=O)[O-])cc21. The first kappa shape index (κ1) is 33.1. The maximum Gasteiger partial charge on any atom is 0.297 e. The number of nitro groups is 1. The molecule has 0 saturated carbocycles. The Morgan fingerprint density at radius 1 is 1.00 bits per heavy atom. The van der Waals surface area contributed by atoms with Crippen molar-refractivity contribution in [1.82, 2.24) is 4.57 Å². The summed E-state index contributed by atoms with van der Waals surface area (Å²) in [5.41, 5.74) is 2.68. The summed E-state index contributed by atoms with van der Waals surface area (Å²) < 4.78 is 14.1. The normalized spacial score (nSPS) is 12.4. The van der Waals surface area contributed by atoms with Crippen molar-refractivity contribution in [1.29, 1.82) is 0 Å². The van der Waals surface area contributed by atoms with E-state index in [1.54, 1.807) is 10.6 Å². The largest absolute Gasteiger partial charge is 0.485 e. The Labute approximate surface area is 240 Å². The lowest BCUT2D eigenvalue weighted by atomic mass is 10.1. The Hall–Kier alpha value is -3.09. The average molecular weight is 555 g/mol. The third-order valence-electron chi connectivity index (χ3n) is 7.15. The van der Waals surface area contributed by atoms with Crippen LogP contribution in [0.1, 0.15) is 106 Å². The van der Waals surface area contributed by atoms with Crippen molar-refractivity contribution in [3.63, 3.8) is 0 Å². The van der Waals surface area contributed by atoms with Gasteiger partial charge in [0.1, 0.15) is 6.61 Å². The molecule has 0 fully saturated rings. The molecule has 0 aliphatic heterocycles. The molecule has 0 amide bonds. The summed E-state index contributed by atoms with van der Waals surface area (Å²) in [6.07, 6.45) is 14.7. The molecule has 0 spiro atoms. The van der Waals surface area contributed by atoms with Crippen LogP contribution in [0.5, 0.6) is 11.5 Å². The smallest absolute Gasteiger partial charge is 0.297 e. The summed E-state index contributed by atoms with van der Waals surface area (Å²) in [5.74, 6) is 0.853. The highest BCUT2D eigenvalue weighted by molar-refractivity contribution is 5.89. The summed E-state index contributed by atoms with van der Waals surface area (Å²) in [5, 5.41) is 12.3. The molecule has 1 unspecified atom stereocenters. The van der Waals surface area contributed by atoms with E-state index in [2.05, 4.69) is 47.6 Å². The molecule has 7 nitrogen and oxygen atoms in total. The molecule has 7 heteroatoms. The summed E-state index contributed by atoms with van der Waals surface area (Å²) in [7, 11) is 0. The molecule has 1 aromatic heterocycles. The van der Waals surface area contributed by atoms with E-state index in [1.807, 2.05) is 6.08 Å². The lowest BCUT2D eigenvalue weighted by Crippen LogP contribution is -2.25. The van der Waals surface area contributed by atoms with Crippen molar-refractivity contribution in [3.8, 4) is 11.5 Å². The van der Waals surface area contributed by atoms with Crippen LogP contribution in [-0.2, 0) is 6.54 Å². The van der Waals surface area contributed by atoms with E-state index in [0.29, 0.717) is 29.8 Å². The average Bonchev–Trinajstić information content (AvgIpc) is 2.91. The molecular formula is C33H50N2O5. The molecule has 0 aliphatic rings. The zero-order valence-corrected chi connectivity index (χ0v) is 25.6. The van der Waals surface area contributed by atoms with Crippen LogP contribution in [-0.4, -0.2) is 22.7 Å². The molecule has 40 heavy (non-hydrogen) atoms. The highest BCUT2D eigenvalue weighted by atomic mass is 16.6. The second kappa shape index (κ2) is 17.6. The molecule has 2 rings (SSSR count).